The molecule has 2 aromatic rings. The molecule has 9 heteroatoms. The average molecular weight is 751 g/mol. The molecule has 0 saturated carbocycles. The van der Waals surface area contributed by atoms with Crippen LogP contribution in [0, 0.1) is 29.1 Å². The third-order valence-corrected chi connectivity index (χ3v) is 14.3. The summed E-state index contributed by atoms with van der Waals surface area (Å²) in [7, 11) is -1.74. The van der Waals surface area contributed by atoms with Crippen LogP contribution in [0.1, 0.15) is 74.1 Å². The van der Waals surface area contributed by atoms with E-state index in [1.54, 1.807) is 18.4 Å². The molecule has 2 amide bonds. The number of amides is 2. The Labute approximate surface area is 323 Å². The molecule has 0 aromatic heterocycles. The fourth-order valence-corrected chi connectivity index (χ4v) is 10.5. The molecule has 0 fully saturated rings. The van der Waals surface area contributed by atoms with Crippen molar-refractivity contribution in [2.75, 3.05) is 7.11 Å². The summed E-state index contributed by atoms with van der Waals surface area (Å²) >= 11 is 0. The van der Waals surface area contributed by atoms with E-state index in [0.29, 0.717) is 12.8 Å². The number of methoxy groups -OCH3 is 1. The number of ether oxygens (including phenoxy) is 2. The molecule has 0 bridgehead atoms. The third kappa shape index (κ3) is 12.3. The first-order chi connectivity index (χ1) is 25.6. The highest BCUT2D eigenvalue weighted by Crippen LogP contribution is 2.43. The zero-order chi connectivity index (χ0) is 39.8. The van der Waals surface area contributed by atoms with E-state index in [-0.39, 0.29) is 29.6 Å². The van der Waals surface area contributed by atoms with Gasteiger partial charge in [0.2, 0.25) is 11.8 Å². The molecule has 1 aliphatic rings. The van der Waals surface area contributed by atoms with Crippen LogP contribution >= 0.6 is 0 Å². The topological polar surface area (TPSA) is 114 Å². The predicted octanol–water partition coefficient (Wildman–Crippen LogP) is 6.64. The zero-order valence-electron chi connectivity index (χ0n) is 33.1. The maximum atomic E-state index is 13.4. The largest absolute Gasteiger partial charge is 0.490 e. The molecule has 0 aliphatic carbocycles. The van der Waals surface area contributed by atoms with Gasteiger partial charge in [-0.15, -0.1) is 0 Å². The Hall–Kier alpha value is -4.91. The number of esters is 1. The van der Waals surface area contributed by atoms with Crippen LogP contribution in [0.2, 0.25) is 5.04 Å². The fraction of sp³-hybridized carbons (Fsp3) is 0.400. The van der Waals surface area contributed by atoms with Gasteiger partial charge in [-0.25, -0.2) is 4.79 Å². The first-order valence-electron chi connectivity index (χ1n) is 18.6. The summed E-state index contributed by atoms with van der Waals surface area (Å²) in [6.45, 7) is 14.0. The van der Waals surface area contributed by atoms with Gasteiger partial charge in [-0.05, 0) is 77.4 Å². The van der Waals surface area contributed by atoms with Crippen molar-refractivity contribution in [3.8, 4) is 11.8 Å². The third-order valence-electron chi connectivity index (χ3n) is 9.78. The van der Waals surface area contributed by atoms with Crippen molar-refractivity contribution in [3.63, 3.8) is 0 Å². The monoisotopic (exact) mass is 750 g/mol. The van der Waals surface area contributed by atoms with Crippen LogP contribution in [0.25, 0.3) is 0 Å². The van der Waals surface area contributed by atoms with E-state index in [9.17, 15) is 19.2 Å². The van der Waals surface area contributed by atoms with Crippen LogP contribution in [0.3, 0.4) is 0 Å². The lowest BCUT2D eigenvalue weighted by Crippen LogP contribution is -2.65. The van der Waals surface area contributed by atoms with Gasteiger partial charge in [-0.1, -0.05) is 138 Å². The van der Waals surface area contributed by atoms with Crippen molar-refractivity contribution < 1.29 is 28.7 Å². The van der Waals surface area contributed by atoms with Crippen LogP contribution in [-0.2, 0) is 23.9 Å². The van der Waals surface area contributed by atoms with Gasteiger partial charge in [0, 0.05) is 18.4 Å². The number of allylic oxidation sites excluding steroid dienone is 5. The highest BCUT2D eigenvalue weighted by molar-refractivity contribution is 6.98. The number of nitrogens with one attached hydrogen (secondary N) is 2. The molecule has 288 valence electrons. The molecule has 0 spiro atoms. The second-order valence-corrected chi connectivity index (χ2v) is 19.4. The first kappa shape index (κ1) is 43.5. The molecule has 0 radical (unpaired) electrons. The van der Waals surface area contributed by atoms with Crippen LogP contribution in [0.4, 0.5) is 0 Å². The quantitative estimate of drug-likeness (QED) is 0.0583. The molecule has 1 aliphatic heterocycles. The molecule has 1 heterocycles. The van der Waals surface area contributed by atoms with Crippen molar-refractivity contribution >= 4 is 36.5 Å². The molecule has 4 atom stereocenters. The summed E-state index contributed by atoms with van der Waals surface area (Å²) in [5.41, 5.74) is -0.559. The van der Waals surface area contributed by atoms with E-state index in [1.807, 2.05) is 114 Å². The van der Waals surface area contributed by atoms with Gasteiger partial charge < -0.3 is 24.9 Å². The standard InChI is InChI=1S/C45H58N2O6Si/c1-9-10-23-35(33-45(6,7)54(51,36-25-16-13-17-26-36)37-27-18-14-19-28-37)24-21-32-46-42(49)41(44(3,4)5)47-40(48)29-20-12-11-15-22-34(2)38-30-31-39(52-8)43(50)53-38/h9-10,13-22,25-29,31-32,34-35,38,41,51H,23-24,30,33H2,1-8H3,(H,46,49)(H,47,48)/b10-9-,22-15-,29-20+,32-21-/t34-,35-,38-,41+/m0/s1. The molecular formula is C45H58N2O6Si. The number of carbonyl (C=O) groups excluding carboxylic acids is 3. The minimum absolute atomic E-state index is 0.0582. The summed E-state index contributed by atoms with van der Waals surface area (Å²) in [6, 6.07) is 19.3. The van der Waals surface area contributed by atoms with Crippen molar-refractivity contribution in [1.29, 1.82) is 0 Å². The smallest absolute Gasteiger partial charge is 0.373 e. The van der Waals surface area contributed by atoms with Crippen LogP contribution in [0.15, 0.2) is 121 Å². The van der Waals surface area contributed by atoms with E-state index in [2.05, 4.69) is 42.4 Å². The van der Waals surface area contributed by atoms with E-state index in [0.717, 1.165) is 23.2 Å². The number of benzene rings is 2. The van der Waals surface area contributed by atoms with Crippen molar-refractivity contribution in [3.05, 3.63) is 121 Å². The summed E-state index contributed by atoms with van der Waals surface area (Å²) in [5.74, 6) is 4.81. The summed E-state index contributed by atoms with van der Waals surface area (Å²) in [4.78, 5) is 50.7. The van der Waals surface area contributed by atoms with Gasteiger partial charge >= 0.3 is 5.97 Å². The average Bonchev–Trinajstić information content (AvgIpc) is 3.15. The lowest BCUT2D eigenvalue weighted by Gasteiger charge is -2.43. The Bertz CT molecular complexity index is 1720. The Morgan fingerprint density at radius 1 is 0.981 bits per heavy atom. The normalized spacial score (nSPS) is 17.1. The Balaban J connectivity index is 1.62. The lowest BCUT2D eigenvalue weighted by molar-refractivity contribution is -0.151. The molecule has 2 aromatic carbocycles. The summed E-state index contributed by atoms with van der Waals surface area (Å²) in [6.07, 6.45) is 18.3. The van der Waals surface area contributed by atoms with Gasteiger partial charge in [0.15, 0.2) is 5.76 Å². The van der Waals surface area contributed by atoms with E-state index in [4.69, 9.17) is 9.47 Å². The number of hydrogen-bond acceptors (Lipinski definition) is 6. The second-order valence-electron chi connectivity index (χ2n) is 15.4. The highest BCUT2D eigenvalue weighted by atomic mass is 28.4. The number of cyclic esters (lactones) is 1. The minimum Gasteiger partial charge on any atom is -0.490 e. The number of hydrogen-bond donors (Lipinski definition) is 3. The molecule has 0 saturated heterocycles. The van der Waals surface area contributed by atoms with E-state index >= 15 is 0 Å². The van der Waals surface area contributed by atoms with Crippen LogP contribution < -0.4 is 21.0 Å². The lowest BCUT2D eigenvalue weighted by atomic mass is 9.86. The van der Waals surface area contributed by atoms with Crippen molar-refractivity contribution in [1.82, 2.24) is 10.6 Å². The van der Waals surface area contributed by atoms with Crippen molar-refractivity contribution in [2.45, 2.75) is 91.3 Å². The molecule has 3 rings (SSSR count). The van der Waals surface area contributed by atoms with Gasteiger partial charge in [-0.2, -0.15) is 0 Å². The molecular weight excluding hydrogens is 693 g/mol. The predicted molar refractivity (Wildman–Crippen MR) is 220 cm³/mol. The van der Waals surface area contributed by atoms with Crippen LogP contribution in [0.5, 0.6) is 0 Å². The number of carbonyl (C=O) groups is 3. The zero-order valence-corrected chi connectivity index (χ0v) is 34.1. The fourth-order valence-electron chi connectivity index (χ4n) is 6.69. The summed E-state index contributed by atoms with van der Waals surface area (Å²) in [5, 5.41) is 7.27. The molecule has 0 unspecified atom stereocenters. The van der Waals surface area contributed by atoms with Gasteiger partial charge in [0.25, 0.3) is 8.32 Å². The maximum Gasteiger partial charge on any atom is 0.373 e. The van der Waals surface area contributed by atoms with Gasteiger partial charge in [-0.3, -0.25) is 9.59 Å². The first-order valence-corrected chi connectivity index (χ1v) is 20.6. The Kier molecular flexibility index (Phi) is 16.5. The van der Waals surface area contributed by atoms with Crippen molar-refractivity contribution in [2.24, 2.45) is 17.3 Å². The molecule has 3 N–H and O–H groups in total. The van der Waals surface area contributed by atoms with Gasteiger partial charge in [0.05, 0.1) is 7.11 Å². The van der Waals surface area contributed by atoms with E-state index in [1.165, 1.54) is 19.3 Å². The van der Waals surface area contributed by atoms with E-state index < -0.39 is 36.7 Å². The Morgan fingerprint density at radius 2 is 1.57 bits per heavy atom. The SMILES string of the molecule is C/C=C\C[C@@H](C/C=C\NC(=O)[C@@H](NC(=O)/C=C/C#C/C=C\[C@H](C)[C@@H]1CC=C(OC)C(=O)O1)C(C)(C)C)CC(C)(C)[Si](O)(c1ccccc1)c1ccccc1. The van der Waals surface area contributed by atoms with Crippen LogP contribution in [-0.4, -0.2) is 50.2 Å². The van der Waals surface area contributed by atoms with Gasteiger partial charge in [0.1, 0.15) is 12.1 Å². The molecule has 8 nitrogen and oxygen atoms in total. The summed E-state index contributed by atoms with van der Waals surface area (Å²) < 4.78 is 10.4. The second kappa shape index (κ2) is 20.5. The number of rotatable bonds is 16. The maximum absolute atomic E-state index is 13.4. The highest BCUT2D eigenvalue weighted by Gasteiger charge is 2.50. The minimum atomic E-state index is -3.18. The molecule has 54 heavy (non-hydrogen) atoms. The Morgan fingerprint density at radius 3 is 2.13 bits per heavy atom.